The third kappa shape index (κ3) is 4.57. The Balaban J connectivity index is 2.05. The van der Waals surface area contributed by atoms with Gasteiger partial charge in [0.1, 0.15) is 0 Å². The molecule has 1 aromatic rings. The quantitative estimate of drug-likeness (QED) is 0.836. The fourth-order valence-electron chi connectivity index (χ4n) is 3.41. The van der Waals surface area contributed by atoms with Crippen molar-refractivity contribution in [2.45, 2.75) is 58.6 Å². The summed E-state index contributed by atoms with van der Waals surface area (Å²) in [6.45, 7) is 6.78. The number of nitrogens with one attached hydrogen (secondary N) is 1. The highest BCUT2D eigenvalue weighted by Gasteiger charge is 2.28. The van der Waals surface area contributed by atoms with E-state index in [9.17, 15) is 9.59 Å². The molecule has 5 heteroatoms. The van der Waals surface area contributed by atoms with Crippen molar-refractivity contribution < 1.29 is 19.4 Å². The Labute approximate surface area is 143 Å². The largest absolute Gasteiger partial charge is 0.478 e. The second-order valence-electron chi connectivity index (χ2n) is 6.57. The molecule has 1 aromatic carbocycles. The molecule has 1 amide bonds. The highest BCUT2D eigenvalue weighted by molar-refractivity contribution is 5.97. The first-order valence-electron chi connectivity index (χ1n) is 8.72. The van der Waals surface area contributed by atoms with Crippen LogP contribution in [-0.4, -0.2) is 35.7 Å². The molecule has 2 rings (SSSR count). The highest BCUT2D eigenvalue weighted by Crippen LogP contribution is 2.25. The Hall–Kier alpha value is -1.88. The van der Waals surface area contributed by atoms with Gasteiger partial charge >= 0.3 is 5.97 Å². The monoisotopic (exact) mass is 333 g/mol. The molecule has 2 N–H and O–H groups in total. The molecule has 132 valence electrons. The number of benzene rings is 1. The third-order valence-corrected chi connectivity index (χ3v) is 4.81. The van der Waals surface area contributed by atoms with E-state index in [1.165, 1.54) is 6.07 Å². The van der Waals surface area contributed by atoms with E-state index in [0.717, 1.165) is 31.2 Å². The first-order valence-corrected chi connectivity index (χ1v) is 8.72. The summed E-state index contributed by atoms with van der Waals surface area (Å²) >= 11 is 0. The third-order valence-electron chi connectivity index (χ3n) is 4.81. The number of aryl methyl sites for hydroxylation is 1. The van der Waals surface area contributed by atoms with Gasteiger partial charge in [-0.25, -0.2) is 4.79 Å². The van der Waals surface area contributed by atoms with Crippen LogP contribution in [0, 0.1) is 12.8 Å². The normalized spacial score (nSPS) is 20.8. The van der Waals surface area contributed by atoms with Gasteiger partial charge in [-0.2, -0.15) is 0 Å². The summed E-state index contributed by atoms with van der Waals surface area (Å²) < 4.78 is 5.88. The van der Waals surface area contributed by atoms with Crippen LogP contribution >= 0.6 is 0 Å². The van der Waals surface area contributed by atoms with E-state index in [4.69, 9.17) is 9.84 Å². The van der Waals surface area contributed by atoms with Gasteiger partial charge in [0, 0.05) is 18.2 Å². The van der Waals surface area contributed by atoms with Crippen molar-refractivity contribution >= 4 is 11.9 Å². The fourth-order valence-corrected chi connectivity index (χ4v) is 3.41. The Bertz CT molecular complexity index is 595. The van der Waals surface area contributed by atoms with Crippen LogP contribution in [0.1, 0.15) is 65.8 Å². The summed E-state index contributed by atoms with van der Waals surface area (Å²) in [7, 11) is 0. The van der Waals surface area contributed by atoms with E-state index < -0.39 is 5.97 Å². The molecule has 1 fully saturated rings. The van der Waals surface area contributed by atoms with Crippen LogP contribution in [0.3, 0.4) is 0 Å². The molecule has 0 saturated carbocycles. The van der Waals surface area contributed by atoms with E-state index in [0.29, 0.717) is 18.1 Å². The molecule has 2 atom stereocenters. The van der Waals surface area contributed by atoms with E-state index in [2.05, 4.69) is 19.2 Å². The molecule has 5 nitrogen and oxygen atoms in total. The van der Waals surface area contributed by atoms with Crippen LogP contribution in [0.4, 0.5) is 0 Å². The van der Waals surface area contributed by atoms with Gasteiger partial charge in [0.25, 0.3) is 5.91 Å². The maximum atomic E-state index is 12.5. The van der Waals surface area contributed by atoms with E-state index in [-0.39, 0.29) is 23.6 Å². The maximum Gasteiger partial charge on any atom is 0.335 e. The number of rotatable bonds is 6. The first kappa shape index (κ1) is 18.5. The molecule has 0 bridgehead atoms. The first-order chi connectivity index (χ1) is 11.4. The van der Waals surface area contributed by atoms with Crippen LogP contribution in [-0.2, 0) is 4.74 Å². The van der Waals surface area contributed by atoms with Gasteiger partial charge in [0.05, 0.1) is 11.7 Å². The number of hydrogen-bond acceptors (Lipinski definition) is 3. The van der Waals surface area contributed by atoms with E-state index >= 15 is 0 Å². The standard InChI is InChI=1S/C19H27NO4/c1-4-13(5-2)17-11-16(6-7-24-17)20-18(21)14-8-12(3)9-15(10-14)19(22)23/h8-10,13,16-17H,4-7,11H2,1-3H3,(H,20,21)(H,22,23). The minimum Gasteiger partial charge on any atom is -0.478 e. The lowest BCUT2D eigenvalue weighted by molar-refractivity contribution is -0.0337. The molecule has 1 heterocycles. The van der Waals surface area contributed by atoms with Crippen molar-refractivity contribution in [1.82, 2.24) is 5.32 Å². The number of aromatic carboxylic acids is 1. The van der Waals surface area contributed by atoms with Gasteiger partial charge in [0.15, 0.2) is 0 Å². The lowest BCUT2D eigenvalue weighted by Gasteiger charge is -2.34. The van der Waals surface area contributed by atoms with Gasteiger partial charge in [-0.3, -0.25) is 4.79 Å². The Morgan fingerprint density at radius 2 is 1.92 bits per heavy atom. The number of carboxylic acid groups (broad SMARTS) is 1. The van der Waals surface area contributed by atoms with Crippen LogP contribution < -0.4 is 5.32 Å². The summed E-state index contributed by atoms with van der Waals surface area (Å²) in [5, 5.41) is 12.2. The SMILES string of the molecule is CCC(CC)C1CC(NC(=O)c2cc(C)cc(C(=O)O)c2)CCO1. The van der Waals surface area contributed by atoms with Crippen LogP contribution in [0.2, 0.25) is 0 Å². The lowest BCUT2D eigenvalue weighted by atomic mass is 9.89. The summed E-state index contributed by atoms with van der Waals surface area (Å²) in [5.74, 6) is -0.716. The number of carboxylic acids is 1. The lowest BCUT2D eigenvalue weighted by Crippen LogP contribution is -2.44. The maximum absolute atomic E-state index is 12.5. The van der Waals surface area contributed by atoms with Crippen LogP contribution in [0.15, 0.2) is 18.2 Å². The minimum absolute atomic E-state index is 0.0747. The van der Waals surface area contributed by atoms with Crippen molar-refractivity contribution in [2.24, 2.45) is 5.92 Å². The second-order valence-corrected chi connectivity index (χ2v) is 6.57. The van der Waals surface area contributed by atoms with Crippen molar-refractivity contribution in [3.05, 3.63) is 34.9 Å². The molecule has 1 aliphatic heterocycles. The van der Waals surface area contributed by atoms with Gasteiger partial charge in [-0.05, 0) is 49.4 Å². The highest BCUT2D eigenvalue weighted by atomic mass is 16.5. The molecule has 1 aliphatic rings. The fraction of sp³-hybridized carbons (Fsp3) is 0.579. The van der Waals surface area contributed by atoms with Crippen molar-refractivity contribution in [2.75, 3.05) is 6.61 Å². The Kier molecular flexibility index (Phi) is 6.37. The number of carbonyl (C=O) groups is 2. The number of ether oxygens (including phenoxy) is 1. The predicted octanol–water partition coefficient (Wildman–Crippen LogP) is 3.41. The van der Waals surface area contributed by atoms with E-state index in [1.807, 2.05) is 0 Å². The van der Waals surface area contributed by atoms with Crippen LogP contribution in [0.5, 0.6) is 0 Å². The van der Waals surface area contributed by atoms with Gasteiger partial charge in [-0.15, -0.1) is 0 Å². The number of amides is 1. The second kappa shape index (κ2) is 8.29. The topological polar surface area (TPSA) is 75.6 Å². The molecule has 0 spiro atoms. The minimum atomic E-state index is -1.02. The van der Waals surface area contributed by atoms with Gasteiger partial charge in [-0.1, -0.05) is 26.7 Å². The average molecular weight is 333 g/mol. The predicted molar refractivity (Wildman–Crippen MR) is 92.4 cm³/mol. The van der Waals surface area contributed by atoms with Gasteiger partial charge < -0.3 is 15.2 Å². The number of hydrogen-bond donors (Lipinski definition) is 2. The smallest absolute Gasteiger partial charge is 0.335 e. The zero-order chi connectivity index (χ0) is 17.7. The molecule has 0 aromatic heterocycles. The van der Waals surface area contributed by atoms with Crippen molar-refractivity contribution in [3.8, 4) is 0 Å². The number of carbonyl (C=O) groups excluding carboxylic acids is 1. The molecule has 2 unspecified atom stereocenters. The molecule has 0 aliphatic carbocycles. The Morgan fingerprint density at radius 1 is 1.25 bits per heavy atom. The molecule has 1 saturated heterocycles. The van der Waals surface area contributed by atoms with Crippen molar-refractivity contribution in [3.63, 3.8) is 0 Å². The van der Waals surface area contributed by atoms with Crippen LogP contribution in [0.25, 0.3) is 0 Å². The average Bonchev–Trinajstić information content (AvgIpc) is 2.55. The molecular weight excluding hydrogens is 306 g/mol. The zero-order valence-electron chi connectivity index (χ0n) is 14.7. The van der Waals surface area contributed by atoms with E-state index in [1.54, 1.807) is 19.1 Å². The molecular formula is C19H27NO4. The van der Waals surface area contributed by atoms with Gasteiger partial charge in [0.2, 0.25) is 0 Å². The summed E-state index contributed by atoms with van der Waals surface area (Å²) in [6, 6.07) is 4.80. The van der Waals surface area contributed by atoms with Crippen molar-refractivity contribution in [1.29, 1.82) is 0 Å². The molecule has 24 heavy (non-hydrogen) atoms. The summed E-state index contributed by atoms with van der Waals surface area (Å²) in [5.41, 5.74) is 1.31. The summed E-state index contributed by atoms with van der Waals surface area (Å²) in [6.07, 6.45) is 3.94. The molecule has 0 radical (unpaired) electrons. The zero-order valence-corrected chi connectivity index (χ0v) is 14.7. The summed E-state index contributed by atoms with van der Waals surface area (Å²) in [4.78, 5) is 23.7. The Morgan fingerprint density at radius 3 is 2.54 bits per heavy atom.